The van der Waals surface area contributed by atoms with Crippen molar-refractivity contribution in [2.24, 2.45) is 0 Å². The van der Waals surface area contributed by atoms with Crippen LogP contribution in [0, 0.1) is 13.8 Å². The van der Waals surface area contributed by atoms with Crippen LogP contribution in [0.2, 0.25) is 0 Å². The van der Waals surface area contributed by atoms with Gasteiger partial charge < -0.3 is 0 Å². The van der Waals surface area contributed by atoms with Gasteiger partial charge in [0.25, 0.3) is 0 Å². The van der Waals surface area contributed by atoms with Gasteiger partial charge in [-0.25, -0.2) is 4.52 Å². The fourth-order valence-electron chi connectivity index (χ4n) is 2.83. The average Bonchev–Trinajstić information content (AvgIpc) is 2.81. The number of benzene rings is 1. The van der Waals surface area contributed by atoms with Gasteiger partial charge in [-0.15, -0.1) is 0 Å². The fraction of sp³-hybridized carbons (Fsp3) is 0.125. The molecular formula is C16H13N3. The molecule has 19 heavy (non-hydrogen) atoms. The van der Waals surface area contributed by atoms with Gasteiger partial charge in [-0.2, -0.15) is 5.10 Å². The molecule has 3 heteroatoms. The first-order valence-corrected chi connectivity index (χ1v) is 6.38. The lowest BCUT2D eigenvalue weighted by molar-refractivity contribution is 0.972. The molecule has 0 aliphatic carbocycles. The van der Waals surface area contributed by atoms with E-state index >= 15 is 0 Å². The van der Waals surface area contributed by atoms with E-state index in [4.69, 9.17) is 0 Å². The number of hydrogen-bond acceptors (Lipinski definition) is 2. The second-order valence-electron chi connectivity index (χ2n) is 4.95. The van der Waals surface area contributed by atoms with Crippen molar-refractivity contribution in [1.29, 1.82) is 0 Å². The van der Waals surface area contributed by atoms with Crippen LogP contribution in [0.1, 0.15) is 11.3 Å². The predicted molar refractivity (Wildman–Crippen MR) is 77.5 cm³/mol. The van der Waals surface area contributed by atoms with Crippen molar-refractivity contribution in [1.82, 2.24) is 14.6 Å². The van der Waals surface area contributed by atoms with Crippen LogP contribution in [0.5, 0.6) is 0 Å². The molecule has 0 aliphatic heterocycles. The quantitative estimate of drug-likeness (QED) is 0.444. The number of rotatable bonds is 0. The molecule has 1 aromatic carbocycles. The van der Waals surface area contributed by atoms with Gasteiger partial charge in [-0.05, 0) is 37.6 Å². The minimum Gasteiger partial charge on any atom is -0.254 e. The molecule has 3 heterocycles. The summed E-state index contributed by atoms with van der Waals surface area (Å²) in [5.41, 5.74) is 5.51. The molecule has 0 saturated heterocycles. The molecule has 0 fully saturated rings. The molecule has 3 nitrogen and oxygen atoms in total. The van der Waals surface area contributed by atoms with Gasteiger partial charge in [0.05, 0.1) is 22.2 Å². The molecule has 0 unspecified atom stereocenters. The van der Waals surface area contributed by atoms with Crippen molar-refractivity contribution in [3.05, 3.63) is 53.9 Å². The Morgan fingerprint density at radius 2 is 1.89 bits per heavy atom. The Hall–Kier alpha value is -2.42. The molecule has 0 N–H and O–H groups in total. The minimum absolute atomic E-state index is 1.02. The zero-order valence-corrected chi connectivity index (χ0v) is 10.9. The van der Waals surface area contributed by atoms with E-state index in [1.165, 1.54) is 16.3 Å². The molecule has 92 valence electrons. The highest BCUT2D eigenvalue weighted by Crippen LogP contribution is 2.30. The Kier molecular flexibility index (Phi) is 1.96. The maximum atomic E-state index is 4.60. The van der Waals surface area contributed by atoms with Gasteiger partial charge >= 0.3 is 0 Å². The molecule has 0 radical (unpaired) electrons. The van der Waals surface area contributed by atoms with Crippen LogP contribution in [-0.4, -0.2) is 14.6 Å². The van der Waals surface area contributed by atoms with E-state index in [9.17, 15) is 0 Å². The molecule has 0 aliphatic rings. The molecule has 3 aromatic heterocycles. The van der Waals surface area contributed by atoms with Crippen LogP contribution < -0.4 is 0 Å². The first kappa shape index (κ1) is 10.5. The summed E-state index contributed by atoms with van der Waals surface area (Å²) in [7, 11) is 0. The summed E-state index contributed by atoms with van der Waals surface area (Å²) < 4.78 is 2.00. The summed E-state index contributed by atoms with van der Waals surface area (Å²) in [6, 6.07) is 12.5. The van der Waals surface area contributed by atoms with Crippen LogP contribution in [0.4, 0.5) is 0 Å². The summed E-state index contributed by atoms with van der Waals surface area (Å²) in [6.45, 7) is 4.16. The third-order valence-electron chi connectivity index (χ3n) is 3.63. The summed E-state index contributed by atoms with van der Waals surface area (Å²) in [4.78, 5) is 4.57. The maximum Gasteiger partial charge on any atom is 0.0968 e. The van der Waals surface area contributed by atoms with E-state index in [1.807, 2.05) is 23.7 Å². The number of aromatic nitrogens is 3. The van der Waals surface area contributed by atoms with Crippen molar-refractivity contribution < 1.29 is 0 Å². The number of fused-ring (bicyclic) bond motifs is 6. The molecule has 0 bridgehead atoms. The normalized spacial score (nSPS) is 11.7. The number of nitrogens with zero attached hydrogens (tertiary/aromatic N) is 3. The van der Waals surface area contributed by atoms with Crippen LogP contribution in [0.3, 0.4) is 0 Å². The average molecular weight is 247 g/mol. The minimum atomic E-state index is 1.02. The lowest BCUT2D eigenvalue weighted by Crippen LogP contribution is -1.95. The van der Waals surface area contributed by atoms with E-state index in [0.717, 1.165) is 22.2 Å². The zero-order valence-electron chi connectivity index (χ0n) is 10.9. The summed E-state index contributed by atoms with van der Waals surface area (Å²) >= 11 is 0. The van der Waals surface area contributed by atoms with Crippen molar-refractivity contribution in [2.75, 3.05) is 0 Å². The topological polar surface area (TPSA) is 30.2 Å². The monoisotopic (exact) mass is 247 g/mol. The zero-order chi connectivity index (χ0) is 13.0. The summed E-state index contributed by atoms with van der Waals surface area (Å²) in [5.74, 6) is 0. The highest BCUT2D eigenvalue weighted by atomic mass is 15.2. The molecule has 4 rings (SSSR count). The van der Waals surface area contributed by atoms with Gasteiger partial charge in [0.1, 0.15) is 0 Å². The highest BCUT2D eigenvalue weighted by Gasteiger charge is 2.12. The van der Waals surface area contributed by atoms with Crippen LogP contribution in [0.15, 0.2) is 42.6 Å². The Morgan fingerprint density at radius 3 is 2.79 bits per heavy atom. The van der Waals surface area contributed by atoms with Gasteiger partial charge in [-0.3, -0.25) is 4.98 Å². The summed E-state index contributed by atoms with van der Waals surface area (Å²) in [6.07, 6.45) is 1.84. The van der Waals surface area contributed by atoms with Gasteiger partial charge in [0.2, 0.25) is 0 Å². The largest absolute Gasteiger partial charge is 0.254 e. The first-order chi connectivity index (χ1) is 9.25. The molecule has 0 spiro atoms. The van der Waals surface area contributed by atoms with Crippen LogP contribution >= 0.6 is 0 Å². The molecule has 0 saturated carbocycles. The maximum absolute atomic E-state index is 4.60. The SMILES string of the molecule is Cc1cc2c3cccc(C)c3c3ncccc3n2n1. The molecule has 0 amide bonds. The van der Waals surface area contributed by atoms with Crippen molar-refractivity contribution in [3.8, 4) is 0 Å². The third-order valence-corrected chi connectivity index (χ3v) is 3.63. The number of aryl methyl sites for hydroxylation is 2. The molecule has 0 atom stereocenters. The van der Waals surface area contributed by atoms with Crippen LogP contribution in [0.25, 0.3) is 27.3 Å². The van der Waals surface area contributed by atoms with Crippen LogP contribution in [-0.2, 0) is 0 Å². The number of hydrogen-bond donors (Lipinski definition) is 0. The third kappa shape index (κ3) is 1.32. The summed E-state index contributed by atoms with van der Waals surface area (Å²) in [5, 5.41) is 7.04. The van der Waals surface area contributed by atoms with Gasteiger partial charge in [-0.1, -0.05) is 18.2 Å². The van der Waals surface area contributed by atoms with E-state index in [0.29, 0.717) is 0 Å². The van der Waals surface area contributed by atoms with Gasteiger partial charge in [0, 0.05) is 17.0 Å². The van der Waals surface area contributed by atoms with E-state index in [1.54, 1.807) is 0 Å². The smallest absolute Gasteiger partial charge is 0.0968 e. The Morgan fingerprint density at radius 1 is 1.00 bits per heavy atom. The van der Waals surface area contributed by atoms with Crippen molar-refractivity contribution in [2.45, 2.75) is 13.8 Å². The standard InChI is InChI=1S/C16H13N3/c1-10-5-3-6-12-14-9-11(2)18-19(14)13-7-4-8-17-16(13)15(10)12/h3-9H,1-2H3. The van der Waals surface area contributed by atoms with E-state index < -0.39 is 0 Å². The van der Waals surface area contributed by atoms with Gasteiger partial charge in [0.15, 0.2) is 0 Å². The lowest BCUT2D eigenvalue weighted by atomic mass is 10.0. The second-order valence-corrected chi connectivity index (χ2v) is 4.95. The fourth-order valence-corrected chi connectivity index (χ4v) is 2.83. The Labute approximate surface area is 110 Å². The van der Waals surface area contributed by atoms with Crippen molar-refractivity contribution in [3.63, 3.8) is 0 Å². The first-order valence-electron chi connectivity index (χ1n) is 6.38. The molecule has 4 aromatic rings. The lowest BCUT2D eigenvalue weighted by Gasteiger charge is -2.08. The number of pyridine rings is 2. The van der Waals surface area contributed by atoms with E-state index in [2.05, 4.69) is 47.3 Å². The van der Waals surface area contributed by atoms with E-state index in [-0.39, 0.29) is 0 Å². The molecular weight excluding hydrogens is 234 g/mol. The second kappa shape index (κ2) is 3.54. The Bertz CT molecular complexity index is 935. The highest BCUT2D eigenvalue weighted by molar-refractivity contribution is 6.12. The predicted octanol–water partition coefficient (Wildman–Crippen LogP) is 3.65. The van der Waals surface area contributed by atoms with Crippen molar-refractivity contribution >= 4 is 27.3 Å². The Balaban J connectivity index is 2.47.